The highest BCUT2D eigenvalue weighted by Gasteiger charge is 2.35. The number of nitriles is 1. The molecule has 18 heavy (non-hydrogen) atoms. The van der Waals surface area contributed by atoms with E-state index < -0.39 is 13.5 Å². The lowest BCUT2D eigenvalue weighted by Gasteiger charge is -2.40. The summed E-state index contributed by atoms with van der Waals surface area (Å²) in [6, 6.07) is 1.88. The van der Waals surface area contributed by atoms with E-state index in [1.54, 1.807) is 13.8 Å². The Balaban J connectivity index is 4.82. The normalized spacial score (nSPS) is 12.8. The molecule has 9 heteroatoms. The minimum Gasteiger partial charge on any atom is -0.336 e. The monoisotopic (exact) mass is 298 g/mol. The lowest BCUT2D eigenvalue weighted by atomic mass is 10.4. The number of hydrogen-bond acceptors (Lipinski definition) is 7. The number of nitrogens with zero attached hydrogens (tertiary/aromatic N) is 3. The van der Waals surface area contributed by atoms with Gasteiger partial charge in [0.25, 0.3) is 8.53 Å². The summed E-state index contributed by atoms with van der Waals surface area (Å²) < 4.78 is 0. The first-order chi connectivity index (χ1) is 8.20. The third kappa shape index (κ3) is 6.78. The maximum absolute atomic E-state index is 9.39. The fraction of sp³-hybridized carbons (Fsp3) is 0.889. The van der Waals surface area contributed by atoms with Crippen LogP contribution in [-0.2, 0) is 4.84 Å². The fourth-order valence-electron chi connectivity index (χ4n) is 1.02. The van der Waals surface area contributed by atoms with Crippen molar-refractivity contribution < 1.29 is 14.6 Å². The second-order valence-corrected chi connectivity index (χ2v) is 6.11. The number of hydroxylamine groups is 1. The Morgan fingerprint density at radius 3 is 2.39 bits per heavy atom. The molecule has 0 aromatic rings. The number of hydrazine groups is 2. The Bertz CT molecular complexity index is 280. The lowest BCUT2D eigenvalue weighted by molar-refractivity contribution is -0.298. The molecule has 0 saturated heterocycles. The van der Waals surface area contributed by atoms with E-state index in [-0.39, 0.29) is 19.1 Å². The highest BCUT2D eigenvalue weighted by atomic mass is 35.5. The molecule has 0 spiro atoms. The molecule has 0 amide bonds. The smallest absolute Gasteiger partial charge is 0.285 e. The van der Waals surface area contributed by atoms with Gasteiger partial charge in [-0.2, -0.15) is 5.26 Å². The molecule has 7 nitrogen and oxygen atoms in total. The second kappa shape index (κ2) is 8.20. The molecule has 0 fully saturated rings. The van der Waals surface area contributed by atoms with Crippen molar-refractivity contribution in [1.29, 1.82) is 5.26 Å². The average molecular weight is 299 g/mol. The zero-order chi connectivity index (χ0) is 14.3. The van der Waals surface area contributed by atoms with Crippen LogP contribution in [0.2, 0.25) is 0 Å². The van der Waals surface area contributed by atoms with E-state index >= 15 is 0 Å². The Morgan fingerprint density at radius 2 is 2.06 bits per heavy atom. The molecule has 0 rings (SSSR count). The molecule has 0 aromatic heterocycles. The van der Waals surface area contributed by atoms with E-state index in [9.17, 15) is 9.79 Å². The van der Waals surface area contributed by atoms with Gasteiger partial charge in [0.2, 0.25) is 0 Å². The molecule has 0 radical (unpaired) electrons. The first-order valence-electron chi connectivity index (χ1n) is 5.43. The van der Waals surface area contributed by atoms with Gasteiger partial charge in [0.15, 0.2) is 0 Å². The minimum atomic E-state index is -2.47. The maximum Gasteiger partial charge on any atom is 0.285 e. The van der Waals surface area contributed by atoms with Crippen molar-refractivity contribution in [3.8, 4) is 6.07 Å². The molecule has 0 aromatic carbocycles. The molecule has 0 saturated carbocycles. The van der Waals surface area contributed by atoms with Crippen LogP contribution < -0.4 is 5.43 Å². The number of hydrogen-bond donors (Lipinski definition) is 3. The predicted molar refractivity (Wildman–Crippen MR) is 69.4 cm³/mol. The molecule has 106 valence electrons. The van der Waals surface area contributed by atoms with E-state index in [0.717, 1.165) is 10.1 Å². The fourth-order valence-corrected chi connectivity index (χ4v) is 1.95. The van der Waals surface area contributed by atoms with Crippen molar-refractivity contribution in [2.24, 2.45) is 0 Å². The summed E-state index contributed by atoms with van der Waals surface area (Å²) in [7, 11) is -2.47. The van der Waals surface area contributed by atoms with Gasteiger partial charge in [-0.1, -0.05) is 21.7 Å². The van der Waals surface area contributed by atoms with Crippen molar-refractivity contribution in [2.75, 3.05) is 6.61 Å². The molecule has 0 aliphatic rings. The number of nitrogens with one attached hydrogen (secondary N) is 1. The van der Waals surface area contributed by atoms with Gasteiger partial charge in [0, 0.05) is 6.04 Å². The topological polar surface area (TPSA) is 92.0 Å². The SMILES string of the molecule is CC(C)NN(N(OCCC#N)C(C)(C)Cl)P(O)O. The third-order valence-corrected chi connectivity index (χ3v) is 2.36. The number of rotatable bonds is 8. The molecular weight excluding hydrogens is 279 g/mol. The van der Waals surface area contributed by atoms with Gasteiger partial charge in [0.05, 0.1) is 19.1 Å². The second-order valence-electron chi connectivity index (χ2n) is 4.27. The van der Waals surface area contributed by atoms with Crippen LogP contribution in [0.4, 0.5) is 0 Å². The highest BCUT2D eigenvalue weighted by molar-refractivity contribution is 7.42. The highest BCUT2D eigenvalue weighted by Crippen LogP contribution is 2.35. The molecule has 0 aliphatic heterocycles. The zero-order valence-corrected chi connectivity index (χ0v) is 12.6. The van der Waals surface area contributed by atoms with Crippen molar-refractivity contribution in [3.05, 3.63) is 0 Å². The number of alkyl halides is 1. The van der Waals surface area contributed by atoms with Gasteiger partial charge < -0.3 is 9.79 Å². The molecule has 0 bridgehead atoms. The van der Waals surface area contributed by atoms with Crippen LogP contribution in [0, 0.1) is 11.3 Å². The zero-order valence-electron chi connectivity index (χ0n) is 11.0. The van der Waals surface area contributed by atoms with Gasteiger partial charge in [-0.15, -0.1) is 0 Å². The molecule has 3 N–H and O–H groups in total. The van der Waals surface area contributed by atoms with Crippen LogP contribution >= 0.6 is 20.1 Å². The molecular formula is C9H20ClN4O3P. The Labute approximate surface area is 114 Å². The average Bonchev–Trinajstić information content (AvgIpc) is 2.19. The molecule has 0 aliphatic carbocycles. The van der Waals surface area contributed by atoms with Crippen molar-refractivity contribution in [3.63, 3.8) is 0 Å². The largest absolute Gasteiger partial charge is 0.336 e. The molecule has 0 atom stereocenters. The summed E-state index contributed by atoms with van der Waals surface area (Å²) in [5, 5.41) is 9.59. The summed E-state index contributed by atoms with van der Waals surface area (Å²) in [6.07, 6.45) is 0.174. The van der Waals surface area contributed by atoms with E-state index in [1.807, 2.05) is 19.9 Å². The first kappa shape index (κ1) is 18.0. The quantitative estimate of drug-likeness (QED) is 0.205. The van der Waals surface area contributed by atoms with Gasteiger partial charge in [-0.3, -0.25) is 4.84 Å². The molecule has 0 heterocycles. The minimum absolute atomic E-state index is 0.0459. The lowest BCUT2D eigenvalue weighted by Crippen LogP contribution is -2.56. The molecule has 0 unspecified atom stereocenters. The summed E-state index contributed by atoms with van der Waals surface area (Å²) in [4.78, 5) is 24.1. The van der Waals surface area contributed by atoms with Gasteiger partial charge in [-0.05, 0) is 27.7 Å². The van der Waals surface area contributed by atoms with Crippen molar-refractivity contribution in [2.45, 2.75) is 45.2 Å². The Morgan fingerprint density at radius 1 is 1.50 bits per heavy atom. The summed E-state index contributed by atoms with van der Waals surface area (Å²) in [5.41, 5.74) is 2.81. The predicted octanol–water partition coefficient (Wildman–Crippen LogP) is 1.45. The Kier molecular flexibility index (Phi) is 8.19. The third-order valence-electron chi connectivity index (χ3n) is 1.60. The van der Waals surface area contributed by atoms with Gasteiger partial charge in [0.1, 0.15) is 5.00 Å². The summed E-state index contributed by atoms with van der Waals surface area (Å²) in [5.74, 6) is 0. The van der Waals surface area contributed by atoms with Crippen molar-refractivity contribution in [1.82, 2.24) is 15.5 Å². The van der Waals surface area contributed by atoms with Crippen LogP contribution in [0.1, 0.15) is 34.1 Å². The van der Waals surface area contributed by atoms with Crippen molar-refractivity contribution >= 4 is 20.1 Å². The van der Waals surface area contributed by atoms with E-state index in [1.165, 1.54) is 0 Å². The van der Waals surface area contributed by atoms with E-state index in [2.05, 4.69) is 5.43 Å². The standard InChI is InChI=1S/C9H20ClN4O3P/c1-8(2)12-14(18(15)16)13(9(3,4)10)17-7-5-6-11/h8,12,15-16H,5,7H2,1-4H3. The maximum atomic E-state index is 9.39. The van der Waals surface area contributed by atoms with E-state index in [4.69, 9.17) is 21.7 Å². The van der Waals surface area contributed by atoms with Crippen LogP contribution in [0.25, 0.3) is 0 Å². The van der Waals surface area contributed by atoms with Crippen LogP contribution in [0.15, 0.2) is 0 Å². The van der Waals surface area contributed by atoms with Crippen LogP contribution in [-0.4, -0.2) is 37.5 Å². The summed E-state index contributed by atoms with van der Waals surface area (Å²) >= 11 is 6.12. The van der Waals surface area contributed by atoms with Gasteiger partial charge >= 0.3 is 0 Å². The number of halogens is 1. The Hall–Kier alpha value is -0.0300. The van der Waals surface area contributed by atoms with Crippen LogP contribution in [0.3, 0.4) is 0 Å². The first-order valence-corrected chi connectivity index (χ1v) is 7.01. The van der Waals surface area contributed by atoms with E-state index in [0.29, 0.717) is 0 Å². The van der Waals surface area contributed by atoms with Crippen LogP contribution in [0.5, 0.6) is 0 Å². The van der Waals surface area contributed by atoms with Gasteiger partial charge in [-0.25, -0.2) is 5.43 Å². The summed E-state index contributed by atoms with van der Waals surface area (Å²) in [6.45, 7) is 7.04.